The van der Waals surface area contributed by atoms with Gasteiger partial charge >= 0.3 is 0 Å². The van der Waals surface area contributed by atoms with E-state index in [-0.39, 0.29) is 5.54 Å². The largest absolute Gasteiger partial charge is 0.465 e. The summed E-state index contributed by atoms with van der Waals surface area (Å²) in [5, 5.41) is 3.67. The highest BCUT2D eigenvalue weighted by Crippen LogP contribution is 2.25. The first-order chi connectivity index (χ1) is 9.63. The van der Waals surface area contributed by atoms with Crippen molar-refractivity contribution < 1.29 is 4.42 Å². The van der Waals surface area contributed by atoms with Gasteiger partial charge < -0.3 is 9.73 Å². The Kier molecular flexibility index (Phi) is 6.48. The van der Waals surface area contributed by atoms with Crippen LogP contribution in [0.3, 0.4) is 0 Å². The molecular formula is C18H34N2O. The van der Waals surface area contributed by atoms with Gasteiger partial charge in [-0.3, -0.25) is 4.90 Å². The molecule has 3 nitrogen and oxygen atoms in total. The lowest BCUT2D eigenvalue weighted by atomic mass is 9.84. The molecule has 0 saturated carbocycles. The van der Waals surface area contributed by atoms with E-state index >= 15 is 0 Å². The van der Waals surface area contributed by atoms with E-state index in [1.54, 1.807) is 0 Å². The Hall–Kier alpha value is -0.800. The van der Waals surface area contributed by atoms with Crippen LogP contribution in [0, 0.1) is 12.3 Å². The summed E-state index contributed by atoms with van der Waals surface area (Å²) in [4.78, 5) is 2.37. The molecule has 1 unspecified atom stereocenters. The Labute approximate surface area is 131 Å². The molecule has 3 heteroatoms. The molecule has 21 heavy (non-hydrogen) atoms. The maximum absolute atomic E-state index is 5.69. The molecule has 0 radical (unpaired) electrons. The van der Waals surface area contributed by atoms with Crippen LogP contribution in [0.25, 0.3) is 0 Å². The zero-order valence-electron chi connectivity index (χ0n) is 15.0. The summed E-state index contributed by atoms with van der Waals surface area (Å²) in [6.45, 7) is 16.3. The first-order valence-corrected chi connectivity index (χ1v) is 8.12. The molecule has 1 N–H and O–H groups in total. The molecule has 0 amide bonds. The van der Waals surface area contributed by atoms with Crippen LogP contribution in [-0.2, 0) is 6.54 Å². The third-order valence-electron chi connectivity index (χ3n) is 3.77. The molecule has 1 heterocycles. The minimum absolute atomic E-state index is 0.172. The molecule has 0 aliphatic rings. The second kappa shape index (κ2) is 7.46. The van der Waals surface area contributed by atoms with Crippen molar-refractivity contribution in [1.82, 2.24) is 10.2 Å². The predicted octanol–water partition coefficient (Wildman–Crippen LogP) is 4.21. The minimum atomic E-state index is 0.172. The lowest BCUT2D eigenvalue weighted by Crippen LogP contribution is -2.46. The number of rotatable bonds is 8. The summed E-state index contributed by atoms with van der Waals surface area (Å²) in [5.41, 5.74) is 0.462. The molecule has 0 aliphatic carbocycles. The van der Waals surface area contributed by atoms with Crippen molar-refractivity contribution in [2.24, 2.45) is 5.41 Å². The molecule has 1 aromatic heterocycles. The number of hydrogen-bond donors (Lipinski definition) is 1. The SMILES string of the molecule is CCCC(C)(CNC(C)(C)C)CN(C)Cc1ccc(C)o1. The molecular weight excluding hydrogens is 260 g/mol. The second-order valence-corrected chi connectivity index (χ2v) is 7.85. The van der Waals surface area contributed by atoms with E-state index in [0.29, 0.717) is 5.41 Å². The Bertz CT molecular complexity index is 419. The van der Waals surface area contributed by atoms with Crippen LogP contribution < -0.4 is 5.32 Å². The van der Waals surface area contributed by atoms with Gasteiger partial charge in [0.15, 0.2) is 0 Å². The maximum Gasteiger partial charge on any atom is 0.118 e. The van der Waals surface area contributed by atoms with E-state index in [1.165, 1.54) is 12.8 Å². The standard InChI is InChI=1S/C18H34N2O/c1-8-11-18(6,13-19-17(3,4)5)14-20(7)12-16-10-9-15(2)21-16/h9-10,19H,8,11-14H2,1-7H3. The summed E-state index contributed by atoms with van der Waals surface area (Å²) in [7, 11) is 2.18. The average Bonchev–Trinajstić information content (AvgIpc) is 2.71. The molecule has 1 aromatic rings. The molecule has 0 saturated heterocycles. The van der Waals surface area contributed by atoms with Crippen LogP contribution in [0.2, 0.25) is 0 Å². The number of aryl methyl sites for hydroxylation is 1. The lowest BCUT2D eigenvalue weighted by Gasteiger charge is -2.36. The normalized spacial score (nSPS) is 15.4. The third-order valence-corrected chi connectivity index (χ3v) is 3.77. The van der Waals surface area contributed by atoms with E-state index in [2.05, 4.69) is 57.9 Å². The van der Waals surface area contributed by atoms with Gasteiger partial charge in [0.25, 0.3) is 0 Å². The van der Waals surface area contributed by atoms with E-state index in [1.807, 2.05) is 13.0 Å². The maximum atomic E-state index is 5.69. The van der Waals surface area contributed by atoms with Crippen molar-refractivity contribution in [3.05, 3.63) is 23.7 Å². The Morgan fingerprint density at radius 2 is 1.86 bits per heavy atom. The lowest BCUT2D eigenvalue weighted by molar-refractivity contribution is 0.151. The van der Waals surface area contributed by atoms with Gasteiger partial charge in [0.05, 0.1) is 6.54 Å². The van der Waals surface area contributed by atoms with Crippen molar-refractivity contribution >= 4 is 0 Å². The zero-order chi connectivity index (χ0) is 16.1. The van der Waals surface area contributed by atoms with Gasteiger partial charge in [-0.05, 0) is 58.7 Å². The van der Waals surface area contributed by atoms with Crippen molar-refractivity contribution in [2.45, 2.75) is 66.5 Å². The highest BCUT2D eigenvalue weighted by atomic mass is 16.3. The Morgan fingerprint density at radius 1 is 1.19 bits per heavy atom. The fraction of sp³-hybridized carbons (Fsp3) is 0.778. The van der Waals surface area contributed by atoms with Gasteiger partial charge in [-0.15, -0.1) is 0 Å². The van der Waals surface area contributed by atoms with E-state index in [4.69, 9.17) is 4.42 Å². The van der Waals surface area contributed by atoms with Crippen LogP contribution in [0.4, 0.5) is 0 Å². The smallest absolute Gasteiger partial charge is 0.118 e. The Balaban J connectivity index is 2.59. The van der Waals surface area contributed by atoms with Gasteiger partial charge in [-0.25, -0.2) is 0 Å². The average molecular weight is 294 g/mol. The summed E-state index contributed by atoms with van der Waals surface area (Å²) in [6.07, 6.45) is 2.45. The quantitative estimate of drug-likeness (QED) is 0.778. The zero-order valence-corrected chi connectivity index (χ0v) is 15.0. The second-order valence-electron chi connectivity index (χ2n) is 7.85. The number of nitrogens with one attached hydrogen (secondary N) is 1. The summed E-state index contributed by atoms with van der Waals surface area (Å²) < 4.78 is 5.69. The van der Waals surface area contributed by atoms with Crippen LogP contribution in [0.15, 0.2) is 16.5 Å². The molecule has 0 spiro atoms. The molecule has 0 aromatic carbocycles. The first kappa shape index (κ1) is 18.2. The van der Waals surface area contributed by atoms with Crippen molar-refractivity contribution in [1.29, 1.82) is 0 Å². The fourth-order valence-corrected chi connectivity index (χ4v) is 2.85. The minimum Gasteiger partial charge on any atom is -0.465 e. The van der Waals surface area contributed by atoms with Gasteiger partial charge in [0.1, 0.15) is 11.5 Å². The monoisotopic (exact) mass is 294 g/mol. The van der Waals surface area contributed by atoms with Gasteiger partial charge in [-0.1, -0.05) is 20.3 Å². The highest BCUT2D eigenvalue weighted by Gasteiger charge is 2.27. The summed E-state index contributed by atoms with van der Waals surface area (Å²) >= 11 is 0. The van der Waals surface area contributed by atoms with Crippen molar-refractivity contribution in [2.75, 3.05) is 20.1 Å². The molecule has 0 fully saturated rings. The number of hydrogen-bond acceptors (Lipinski definition) is 3. The number of furan rings is 1. The third kappa shape index (κ3) is 7.14. The highest BCUT2D eigenvalue weighted by molar-refractivity contribution is 5.05. The topological polar surface area (TPSA) is 28.4 Å². The first-order valence-electron chi connectivity index (χ1n) is 8.12. The summed E-state index contributed by atoms with van der Waals surface area (Å²) in [5.74, 6) is 2.04. The molecule has 1 atom stereocenters. The van der Waals surface area contributed by atoms with Crippen molar-refractivity contribution in [3.8, 4) is 0 Å². The van der Waals surface area contributed by atoms with Crippen LogP contribution in [0.5, 0.6) is 0 Å². The predicted molar refractivity (Wildman–Crippen MR) is 90.5 cm³/mol. The van der Waals surface area contributed by atoms with Crippen molar-refractivity contribution in [3.63, 3.8) is 0 Å². The van der Waals surface area contributed by atoms with Gasteiger partial charge in [-0.2, -0.15) is 0 Å². The van der Waals surface area contributed by atoms with Crippen LogP contribution in [0.1, 0.15) is 59.0 Å². The molecule has 0 bridgehead atoms. The number of nitrogens with zero attached hydrogens (tertiary/aromatic N) is 1. The summed E-state index contributed by atoms with van der Waals surface area (Å²) in [6, 6.07) is 4.12. The van der Waals surface area contributed by atoms with Gasteiger partial charge in [0.2, 0.25) is 0 Å². The van der Waals surface area contributed by atoms with Crippen LogP contribution >= 0.6 is 0 Å². The molecule has 122 valence electrons. The van der Waals surface area contributed by atoms with E-state index in [0.717, 1.165) is 31.2 Å². The van der Waals surface area contributed by atoms with Gasteiger partial charge in [0, 0.05) is 18.6 Å². The fourth-order valence-electron chi connectivity index (χ4n) is 2.85. The molecule has 1 rings (SSSR count). The van der Waals surface area contributed by atoms with Crippen LogP contribution in [-0.4, -0.2) is 30.6 Å². The molecule has 0 aliphatic heterocycles. The Morgan fingerprint density at radius 3 is 2.33 bits per heavy atom. The van der Waals surface area contributed by atoms with E-state index in [9.17, 15) is 0 Å². The van der Waals surface area contributed by atoms with E-state index < -0.39 is 0 Å².